The van der Waals surface area contributed by atoms with E-state index in [1.165, 1.54) is 12.8 Å². The van der Waals surface area contributed by atoms with E-state index >= 15 is 0 Å². The fourth-order valence-electron chi connectivity index (χ4n) is 2.88. The van der Waals surface area contributed by atoms with Crippen LogP contribution in [0.3, 0.4) is 0 Å². The van der Waals surface area contributed by atoms with Gasteiger partial charge in [0.05, 0.1) is 5.60 Å². The summed E-state index contributed by atoms with van der Waals surface area (Å²) in [6.07, 6.45) is 6.89. The van der Waals surface area contributed by atoms with Gasteiger partial charge in [-0.3, -0.25) is 0 Å². The van der Waals surface area contributed by atoms with Crippen LogP contribution < -0.4 is 0 Å². The highest BCUT2D eigenvalue weighted by Gasteiger charge is 2.47. The van der Waals surface area contributed by atoms with Crippen LogP contribution in [0.1, 0.15) is 32.1 Å². The molecule has 0 radical (unpaired) electrons. The van der Waals surface area contributed by atoms with E-state index in [9.17, 15) is 4.79 Å². The molecule has 2 nitrogen and oxygen atoms in total. The first-order valence-electron chi connectivity index (χ1n) is 4.81. The molecule has 3 aliphatic rings. The molecule has 0 N–H and O–H groups in total. The monoisotopic (exact) mass is 168 g/mol. The molecule has 3 aliphatic carbocycles. The van der Waals surface area contributed by atoms with Gasteiger partial charge in [0.25, 0.3) is 0 Å². The third kappa shape index (κ3) is 1.01. The lowest BCUT2D eigenvalue weighted by molar-refractivity contribution is -0.146. The normalized spacial score (nSPS) is 46.1. The number of methoxy groups -OCH3 is 1. The summed E-state index contributed by atoms with van der Waals surface area (Å²) in [4.78, 5) is 10.8. The van der Waals surface area contributed by atoms with Crippen LogP contribution in [0.2, 0.25) is 0 Å². The predicted molar refractivity (Wildman–Crippen MR) is 45.9 cm³/mol. The Kier molecular flexibility index (Phi) is 1.95. The molecular formula is C10H16O2. The van der Waals surface area contributed by atoms with E-state index in [1.54, 1.807) is 7.11 Å². The van der Waals surface area contributed by atoms with Crippen molar-refractivity contribution in [3.05, 3.63) is 0 Å². The molecule has 0 aromatic carbocycles. The van der Waals surface area contributed by atoms with E-state index in [0.29, 0.717) is 0 Å². The zero-order valence-electron chi connectivity index (χ0n) is 7.58. The first-order chi connectivity index (χ1) is 5.80. The van der Waals surface area contributed by atoms with Gasteiger partial charge in [-0.2, -0.15) is 0 Å². The van der Waals surface area contributed by atoms with Crippen molar-refractivity contribution < 1.29 is 9.53 Å². The van der Waals surface area contributed by atoms with Gasteiger partial charge in [0.15, 0.2) is 0 Å². The van der Waals surface area contributed by atoms with E-state index in [-0.39, 0.29) is 11.5 Å². The van der Waals surface area contributed by atoms with Gasteiger partial charge in [-0.1, -0.05) is 0 Å². The molecule has 3 rings (SSSR count). The minimum absolute atomic E-state index is 0.0729. The molecule has 0 aliphatic heterocycles. The summed E-state index contributed by atoms with van der Waals surface area (Å²) in [6, 6.07) is 0. The Balaban J connectivity index is 2.20. The molecule has 12 heavy (non-hydrogen) atoms. The van der Waals surface area contributed by atoms with Crippen LogP contribution in [-0.4, -0.2) is 19.0 Å². The minimum Gasteiger partial charge on any atom is -0.377 e. The number of fused-ring (bicyclic) bond motifs is 3. The highest BCUT2D eigenvalue weighted by atomic mass is 16.5. The second kappa shape index (κ2) is 2.84. The van der Waals surface area contributed by atoms with Crippen LogP contribution in [0.4, 0.5) is 0 Å². The highest BCUT2D eigenvalue weighted by Crippen LogP contribution is 2.48. The summed E-state index contributed by atoms with van der Waals surface area (Å²) < 4.78 is 5.54. The van der Waals surface area contributed by atoms with Crippen molar-refractivity contribution in [2.24, 2.45) is 11.8 Å². The molecule has 1 unspecified atom stereocenters. The predicted octanol–water partition coefficient (Wildman–Crippen LogP) is 1.78. The maximum Gasteiger partial charge on any atom is 0.125 e. The Bertz CT molecular complexity index is 180. The summed E-state index contributed by atoms with van der Waals surface area (Å²) in [5.41, 5.74) is -0.0729. The SMILES string of the molecule is COC12CCC(CC1)CC2C=O. The molecule has 0 heterocycles. The van der Waals surface area contributed by atoms with E-state index in [4.69, 9.17) is 4.74 Å². The molecule has 3 saturated carbocycles. The molecule has 0 saturated heterocycles. The Labute approximate surface area is 73.3 Å². The summed E-state index contributed by atoms with van der Waals surface area (Å²) in [6.45, 7) is 0. The molecule has 0 aromatic rings. The number of carbonyl (C=O) groups is 1. The molecule has 0 spiro atoms. The fourth-order valence-corrected chi connectivity index (χ4v) is 2.88. The first-order valence-corrected chi connectivity index (χ1v) is 4.81. The van der Waals surface area contributed by atoms with Gasteiger partial charge in [0.1, 0.15) is 6.29 Å². The molecule has 0 amide bonds. The number of ether oxygens (including phenoxy) is 1. The van der Waals surface area contributed by atoms with E-state index in [1.807, 2.05) is 0 Å². The molecular weight excluding hydrogens is 152 g/mol. The molecule has 2 bridgehead atoms. The van der Waals surface area contributed by atoms with Gasteiger partial charge >= 0.3 is 0 Å². The molecule has 2 heteroatoms. The summed E-state index contributed by atoms with van der Waals surface area (Å²) in [5, 5.41) is 0. The van der Waals surface area contributed by atoms with Crippen molar-refractivity contribution >= 4 is 6.29 Å². The lowest BCUT2D eigenvalue weighted by Gasteiger charge is -2.49. The maximum absolute atomic E-state index is 10.8. The van der Waals surface area contributed by atoms with Crippen LogP contribution in [0.15, 0.2) is 0 Å². The zero-order chi connectivity index (χ0) is 8.60. The van der Waals surface area contributed by atoms with E-state index in [0.717, 1.165) is 31.5 Å². The van der Waals surface area contributed by atoms with Gasteiger partial charge in [-0.05, 0) is 38.0 Å². The van der Waals surface area contributed by atoms with Crippen molar-refractivity contribution in [2.75, 3.05) is 7.11 Å². The zero-order valence-corrected chi connectivity index (χ0v) is 7.58. The van der Waals surface area contributed by atoms with Gasteiger partial charge in [0.2, 0.25) is 0 Å². The van der Waals surface area contributed by atoms with Gasteiger partial charge in [-0.25, -0.2) is 0 Å². The Morgan fingerprint density at radius 3 is 2.50 bits per heavy atom. The smallest absolute Gasteiger partial charge is 0.125 e. The average Bonchev–Trinajstić information content (AvgIpc) is 2.19. The van der Waals surface area contributed by atoms with Crippen LogP contribution in [0, 0.1) is 11.8 Å². The lowest BCUT2D eigenvalue weighted by atomic mass is 9.62. The van der Waals surface area contributed by atoms with E-state index < -0.39 is 0 Å². The average molecular weight is 168 g/mol. The van der Waals surface area contributed by atoms with Gasteiger partial charge < -0.3 is 9.53 Å². The van der Waals surface area contributed by atoms with Crippen LogP contribution in [0.5, 0.6) is 0 Å². The number of carbonyl (C=O) groups excluding carboxylic acids is 1. The molecule has 1 atom stereocenters. The Hall–Kier alpha value is -0.370. The van der Waals surface area contributed by atoms with Gasteiger partial charge in [-0.15, -0.1) is 0 Å². The summed E-state index contributed by atoms with van der Waals surface area (Å²) in [7, 11) is 1.75. The Morgan fingerprint density at radius 1 is 1.42 bits per heavy atom. The number of hydrogen-bond acceptors (Lipinski definition) is 2. The number of rotatable bonds is 2. The molecule has 3 fully saturated rings. The second-order valence-corrected chi connectivity index (χ2v) is 4.19. The van der Waals surface area contributed by atoms with Crippen molar-refractivity contribution in [2.45, 2.75) is 37.7 Å². The quantitative estimate of drug-likeness (QED) is 0.587. The number of hydrogen-bond donors (Lipinski definition) is 0. The van der Waals surface area contributed by atoms with Crippen molar-refractivity contribution in [1.82, 2.24) is 0 Å². The van der Waals surface area contributed by atoms with Crippen LogP contribution >= 0.6 is 0 Å². The lowest BCUT2D eigenvalue weighted by Crippen LogP contribution is -2.49. The summed E-state index contributed by atoms with van der Waals surface area (Å²) in [5.74, 6) is 0.979. The minimum atomic E-state index is -0.0729. The largest absolute Gasteiger partial charge is 0.377 e. The third-order valence-electron chi connectivity index (χ3n) is 3.79. The van der Waals surface area contributed by atoms with Crippen LogP contribution in [0.25, 0.3) is 0 Å². The maximum atomic E-state index is 10.8. The standard InChI is InChI=1S/C10H16O2/c1-12-10-4-2-8(3-5-10)6-9(10)7-11/h7-9H,2-6H2,1H3. The fraction of sp³-hybridized carbons (Fsp3) is 0.900. The van der Waals surface area contributed by atoms with E-state index in [2.05, 4.69) is 0 Å². The number of aldehydes is 1. The second-order valence-electron chi connectivity index (χ2n) is 4.19. The highest BCUT2D eigenvalue weighted by molar-refractivity contribution is 5.56. The molecule has 68 valence electrons. The first kappa shape index (κ1) is 8.24. The van der Waals surface area contributed by atoms with Crippen molar-refractivity contribution in [3.8, 4) is 0 Å². The summed E-state index contributed by atoms with van der Waals surface area (Å²) >= 11 is 0. The molecule has 0 aromatic heterocycles. The topological polar surface area (TPSA) is 26.3 Å². The van der Waals surface area contributed by atoms with Crippen LogP contribution in [-0.2, 0) is 9.53 Å². The van der Waals surface area contributed by atoms with Crippen molar-refractivity contribution in [3.63, 3.8) is 0 Å². The van der Waals surface area contributed by atoms with Crippen molar-refractivity contribution in [1.29, 1.82) is 0 Å². The Morgan fingerprint density at radius 2 is 2.08 bits per heavy atom. The third-order valence-corrected chi connectivity index (χ3v) is 3.79. The van der Waals surface area contributed by atoms with Gasteiger partial charge in [0, 0.05) is 13.0 Å².